The summed E-state index contributed by atoms with van der Waals surface area (Å²) >= 11 is 0. The molecule has 0 saturated heterocycles. The van der Waals surface area contributed by atoms with Gasteiger partial charge in [0.15, 0.2) is 5.82 Å². The van der Waals surface area contributed by atoms with Gasteiger partial charge in [0.2, 0.25) is 0 Å². The van der Waals surface area contributed by atoms with Crippen molar-refractivity contribution in [1.82, 2.24) is 9.97 Å². The van der Waals surface area contributed by atoms with E-state index >= 15 is 0 Å². The molecule has 0 bridgehead atoms. The van der Waals surface area contributed by atoms with E-state index in [4.69, 9.17) is 5.73 Å². The summed E-state index contributed by atoms with van der Waals surface area (Å²) in [5.41, 5.74) is 10.5. The van der Waals surface area contributed by atoms with E-state index in [-0.39, 0.29) is 0 Å². The summed E-state index contributed by atoms with van der Waals surface area (Å²) in [4.78, 5) is 9.04. The van der Waals surface area contributed by atoms with E-state index in [9.17, 15) is 0 Å². The minimum absolute atomic E-state index is 0.507. The third kappa shape index (κ3) is 2.90. The molecule has 0 radical (unpaired) electrons. The Morgan fingerprint density at radius 1 is 1.04 bits per heavy atom. The quantitative estimate of drug-likeness (QED) is 0.692. The molecule has 2 heterocycles. The highest BCUT2D eigenvalue weighted by Crippen LogP contribution is 2.27. The number of fused-ring (bicyclic) bond motifs is 3. The van der Waals surface area contributed by atoms with Gasteiger partial charge in [-0.05, 0) is 49.8 Å². The normalized spacial score (nSPS) is 14.2. The SMILES string of the molecule is Nc1nc2ccccc2c2cc(CCCC3=CCCC=C3)cnc12. The van der Waals surface area contributed by atoms with Crippen molar-refractivity contribution in [2.75, 3.05) is 5.73 Å². The van der Waals surface area contributed by atoms with Gasteiger partial charge in [-0.3, -0.25) is 4.98 Å². The molecule has 0 aliphatic heterocycles. The van der Waals surface area contributed by atoms with Crippen LogP contribution in [-0.2, 0) is 6.42 Å². The maximum Gasteiger partial charge on any atom is 0.150 e. The smallest absolute Gasteiger partial charge is 0.150 e. The van der Waals surface area contributed by atoms with Gasteiger partial charge in [0.25, 0.3) is 0 Å². The predicted octanol–water partition coefficient (Wildman–Crippen LogP) is 4.96. The number of hydrogen-bond acceptors (Lipinski definition) is 3. The topological polar surface area (TPSA) is 51.8 Å². The molecule has 0 spiro atoms. The van der Waals surface area contributed by atoms with Gasteiger partial charge in [0.05, 0.1) is 5.52 Å². The van der Waals surface area contributed by atoms with E-state index < -0.39 is 0 Å². The van der Waals surface area contributed by atoms with Crippen LogP contribution in [0.4, 0.5) is 5.82 Å². The minimum atomic E-state index is 0.507. The monoisotopic (exact) mass is 315 g/mol. The van der Waals surface area contributed by atoms with Crippen LogP contribution in [0.25, 0.3) is 21.8 Å². The number of nitrogens with zero attached hydrogens (tertiary/aromatic N) is 2. The van der Waals surface area contributed by atoms with Crippen LogP contribution >= 0.6 is 0 Å². The Morgan fingerprint density at radius 2 is 1.96 bits per heavy atom. The fourth-order valence-corrected chi connectivity index (χ4v) is 3.39. The van der Waals surface area contributed by atoms with Crippen LogP contribution in [0.3, 0.4) is 0 Å². The number of allylic oxidation sites excluding steroid dienone is 4. The number of nitrogen functional groups attached to an aromatic ring is 1. The van der Waals surface area contributed by atoms with Crippen molar-refractivity contribution in [3.8, 4) is 0 Å². The number of rotatable bonds is 4. The number of para-hydroxylation sites is 1. The Labute approximate surface area is 141 Å². The van der Waals surface area contributed by atoms with E-state index in [2.05, 4.69) is 40.3 Å². The van der Waals surface area contributed by atoms with Gasteiger partial charge < -0.3 is 5.73 Å². The van der Waals surface area contributed by atoms with Crippen LogP contribution in [0.5, 0.6) is 0 Å². The average molecular weight is 315 g/mol. The van der Waals surface area contributed by atoms with Crippen LogP contribution in [0.2, 0.25) is 0 Å². The molecule has 120 valence electrons. The van der Waals surface area contributed by atoms with Gasteiger partial charge in [-0.15, -0.1) is 0 Å². The first-order chi connectivity index (χ1) is 11.8. The first-order valence-corrected chi connectivity index (χ1v) is 8.60. The van der Waals surface area contributed by atoms with Gasteiger partial charge >= 0.3 is 0 Å². The van der Waals surface area contributed by atoms with Crippen molar-refractivity contribution in [2.24, 2.45) is 0 Å². The van der Waals surface area contributed by atoms with Crippen LogP contribution in [-0.4, -0.2) is 9.97 Å². The minimum Gasteiger partial charge on any atom is -0.382 e. The Morgan fingerprint density at radius 3 is 2.83 bits per heavy atom. The number of benzene rings is 1. The molecule has 2 aromatic heterocycles. The predicted molar refractivity (Wildman–Crippen MR) is 101 cm³/mol. The zero-order valence-corrected chi connectivity index (χ0v) is 13.7. The fraction of sp³-hybridized carbons (Fsp3) is 0.238. The molecule has 3 nitrogen and oxygen atoms in total. The number of hydrogen-bond donors (Lipinski definition) is 1. The number of anilines is 1. The van der Waals surface area contributed by atoms with Crippen molar-refractivity contribution < 1.29 is 0 Å². The first-order valence-electron chi connectivity index (χ1n) is 8.60. The molecule has 24 heavy (non-hydrogen) atoms. The summed E-state index contributed by atoms with van der Waals surface area (Å²) in [7, 11) is 0. The zero-order valence-electron chi connectivity index (χ0n) is 13.7. The summed E-state index contributed by atoms with van der Waals surface area (Å²) < 4.78 is 0. The van der Waals surface area contributed by atoms with Crippen molar-refractivity contribution in [3.05, 3.63) is 65.9 Å². The Balaban J connectivity index is 1.61. The summed E-state index contributed by atoms with van der Waals surface area (Å²) in [6.07, 6.45) is 14.5. The number of pyridine rings is 2. The second kappa shape index (κ2) is 6.44. The molecule has 1 aliphatic rings. The van der Waals surface area contributed by atoms with Crippen LogP contribution in [0, 0.1) is 0 Å². The summed E-state index contributed by atoms with van der Waals surface area (Å²) in [6.45, 7) is 0. The van der Waals surface area contributed by atoms with Crippen LogP contribution < -0.4 is 5.73 Å². The molecule has 1 aromatic carbocycles. The lowest BCUT2D eigenvalue weighted by atomic mass is 9.99. The van der Waals surface area contributed by atoms with Gasteiger partial charge in [-0.2, -0.15) is 0 Å². The molecule has 0 amide bonds. The average Bonchev–Trinajstić information content (AvgIpc) is 2.63. The molecule has 2 N–H and O–H groups in total. The molecule has 0 unspecified atom stereocenters. The van der Waals surface area contributed by atoms with Gasteiger partial charge in [0.1, 0.15) is 5.52 Å². The lowest BCUT2D eigenvalue weighted by molar-refractivity contribution is 0.810. The molecule has 0 saturated carbocycles. The van der Waals surface area contributed by atoms with Crippen LogP contribution in [0.15, 0.2) is 60.3 Å². The van der Waals surface area contributed by atoms with E-state index in [0.717, 1.165) is 41.1 Å². The molecule has 1 aliphatic carbocycles. The summed E-state index contributed by atoms with van der Waals surface area (Å²) in [5.74, 6) is 0.507. The summed E-state index contributed by atoms with van der Waals surface area (Å²) in [6, 6.07) is 10.3. The Kier molecular flexibility index (Phi) is 3.99. The molecule has 0 atom stereocenters. The molecule has 4 rings (SSSR count). The highest BCUT2D eigenvalue weighted by Gasteiger charge is 2.08. The van der Waals surface area contributed by atoms with Gasteiger partial charge in [0, 0.05) is 17.0 Å². The third-order valence-electron chi connectivity index (χ3n) is 4.62. The van der Waals surface area contributed by atoms with Crippen molar-refractivity contribution in [2.45, 2.75) is 32.1 Å². The standard InChI is InChI=1S/C21H21N3/c22-21-20-18(17-11-4-5-12-19(17)24-21)13-16(14-23-20)10-6-9-15-7-2-1-3-8-15/h2,4-5,7-8,11-14H,1,3,6,9-10H2,(H2,22,24). The number of nitrogens with two attached hydrogens (primary N) is 1. The Bertz CT molecular complexity index is 954. The lowest BCUT2D eigenvalue weighted by Gasteiger charge is -2.09. The second-order valence-electron chi connectivity index (χ2n) is 6.37. The molecular weight excluding hydrogens is 294 g/mol. The Hall–Kier alpha value is -2.68. The van der Waals surface area contributed by atoms with Crippen molar-refractivity contribution >= 4 is 27.6 Å². The molecule has 0 fully saturated rings. The van der Waals surface area contributed by atoms with E-state index in [1.54, 1.807) is 0 Å². The van der Waals surface area contributed by atoms with Gasteiger partial charge in [-0.25, -0.2) is 4.98 Å². The third-order valence-corrected chi connectivity index (χ3v) is 4.62. The highest BCUT2D eigenvalue weighted by molar-refractivity contribution is 6.08. The fourth-order valence-electron chi connectivity index (χ4n) is 3.39. The summed E-state index contributed by atoms with van der Waals surface area (Å²) in [5, 5.41) is 2.22. The zero-order chi connectivity index (χ0) is 16.4. The van der Waals surface area contributed by atoms with Gasteiger partial charge in [-0.1, -0.05) is 42.0 Å². The number of aryl methyl sites for hydroxylation is 1. The maximum atomic E-state index is 6.08. The second-order valence-corrected chi connectivity index (χ2v) is 6.37. The highest BCUT2D eigenvalue weighted by atomic mass is 14.9. The molecule has 3 heteroatoms. The van der Waals surface area contributed by atoms with Crippen molar-refractivity contribution in [3.63, 3.8) is 0 Å². The largest absolute Gasteiger partial charge is 0.382 e. The first kappa shape index (κ1) is 14.9. The molecular formula is C21H21N3. The molecule has 3 aromatic rings. The van der Waals surface area contributed by atoms with E-state index in [1.807, 2.05) is 24.4 Å². The van der Waals surface area contributed by atoms with Crippen LogP contribution in [0.1, 0.15) is 31.2 Å². The number of aromatic nitrogens is 2. The van der Waals surface area contributed by atoms with E-state index in [1.165, 1.54) is 24.0 Å². The maximum absolute atomic E-state index is 6.08. The van der Waals surface area contributed by atoms with E-state index in [0.29, 0.717) is 5.82 Å². The lowest BCUT2D eigenvalue weighted by Crippen LogP contribution is -1.97. The van der Waals surface area contributed by atoms with Crippen molar-refractivity contribution in [1.29, 1.82) is 0 Å².